The van der Waals surface area contributed by atoms with Gasteiger partial charge >= 0.3 is 0 Å². The Morgan fingerprint density at radius 1 is 1.37 bits per heavy atom. The molecule has 2 N–H and O–H groups in total. The Hall–Kier alpha value is -0.210. The molecule has 6 nitrogen and oxygen atoms in total. The van der Waals surface area contributed by atoms with E-state index in [4.69, 9.17) is 4.74 Å². The predicted octanol–water partition coefficient (Wildman–Crippen LogP) is 0.321. The second kappa shape index (κ2) is 8.86. The van der Waals surface area contributed by atoms with Crippen LogP contribution in [-0.2, 0) is 14.9 Å². The van der Waals surface area contributed by atoms with Gasteiger partial charge in [0.1, 0.15) is 0 Å². The van der Waals surface area contributed by atoms with Crippen molar-refractivity contribution in [2.45, 2.75) is 38.7 Å². The fraction of sp³-hybridized carbons (Fsp3) is 1.00. The SMILES string of the molecule is CCNCCCN(C)S(=O)(=O)NCCC1CCCO1. The van der Waals surface area contributed by atoms with Gasteiger partial charge in [0.25, 0.3) is 10.2 Å². The van der Waals surface area contributed by atoms with Gasteiger partial charge in [0.05, 0.1) is 6.10 Å². The van der Waals surface area contributed by atoms with E-state index in [1.807, 2.05) is 6.92 Å². The van der Waals surface area contributed by atoms with Gasteiger partial charge in [-0.15, -0.1) is 0 Å². The highest BCUT2D eigenvalue weighted by atomic mass is 32.2. The summed E-state index contributed by atoms with van der Waals surface area (Å²) in [5.74, 6) is 0. The first-order chi connectivity index (χ1) is 9.06. The Morgan fingerprint density at radius 2 is 2.16 bits per heavy atom. The van der Waals surface area contributed by atoms with Crippen LogP contribution in [0.1, 0.15) is 32.6 Å². The van der Waals surface area contributed by atoms with Crippen molar-refractivity contribution in [3.63, 3.8) is 0 Å². The lowest BCUT2D eigenvalue weighted by Gasteiger charge is -2.18. The average Bonchev–Trinajstić information content (AvgIpc) is 2.87. The smallest absolute Gasteiger partial charge is 0.279 e. The lowest BCUT2D eigenvalue weighted by atomic mass is 10.2. The summed E-state index contributed by atoms with van der Waals surface area (Å²) >= 11 is 0. The maximum Gasteiger partial charge on any atom is 0.279 e. The maximum absolute atomic E-state index is 11.9. The molecule has 1 rings (SSSR count). The molecule has 0 aliphatic carbocycles. The van der Waals surface area contributed by atoms with E-state index in [1.165, 1.54) is 4.31 Å². The largest absolute Gasteiger partial charge is 0.378 e. The standard InChI is InChI=1S/C12H27N3O3S/c1-3-13-8-5-10-15(2)19(16,17)14-9-7-12-6-4-11-18-12/h12-14H,3-11H2,1-2H3. The molecule has 0 aromatic heterocycles. The fourth-order valence-electron chi connectivity index (χ4n) is 2.05. The quantitative estimate of drug-likeness (QED) is 0.569. The van der Waals surface area contributed by atoms with Gasteiger partial charge in [-0.2, -0.15) is 12.7 Å². The van der Waals surface area contributed by atoms with Gasteiger partial charge in [-0.25, -0.2) is 4.72 Å². The van der Waals surface area contributed by atoms with Crippen molar-refractivity contribution in [2.24, 2.45) is 0 Å². The van der Waals surface area contributed by atoms with Gasteiger partial charge < -0.3 is 10.1 Å². The van der Waals surface area contributed by atoms with E-state index in [0.29, 0.717) is 13.1 Å². The van der Waals surface area contributed by atoms with Gasteiger partial charge in [0.15, 0.2) is 0 Å². The Bertz CT molecular complexity index is 329. The van der Waals surface area contributed by atoms with Crippen LogP contribution in [0.3, 0.4) is 0 Å². The van der Waals surface area contributed by atoms with Crippen LogP contribution >= 0.6 is 0 Å². The Morgan fingerprint density at radius 3 is 2.79 bits per heavy atom. The zero-order valence-corrected chi connectivity index (χ0v) is 12.8. The lowest BCUT2D eigenvalue weighted by molar-refractivity contribution is 0.105. The molecule has 0 aromatic rings. The minimum absolute atomic E-state index is 0.224. The molecule has 0 saturated carbocycles. The maximum atomic E-state index is 11.9. The van der Waals surface area contributed by atoms with Crippen molar-refractivity contribution < 1.29 is 13.2 Å². The molecule has 0 aromatic carbocycles. The highest BCUT2D eigenvalue weighted by Crippen LogP contribution is 2.14. The Labute approximate surface area is 117 Å². The highest BCUT2D eigenvalue weighted by Gasteiger charge is 2.19. The number of ether oxygens (including phenoxy) is 1. The molecule has 1 saturated heterocycles. The molecule has 1 aliphatic heterocycles. The minimum atomic E-state index is -3.34. The van der Waals surface area contributed by atoms with E-state index < -0.39 is 10.2 Å². The topological polar surface area (TPSA) is 70.7 Å². The summed E-state index contributed by atoms with van der Waals surface area (Å²) in [7, 11) is -1.73. The summed E-state index contributed by atoms with van der Waals surface area (Å²) in [4.78, 5) is 0. The molecule has 0 spiro atoms. The predicted molar refractivity (Wildman–Crippen MR) is 76.3 cm³/mol. The normalized spacial score (nSPS) is 20.3. The Kier molecular flexibility index (Phi) is 7.86. The number of nitrogens with one attached hydrogen (secondary N) is 2. The molecule has 7 heteroatoms. The van der Waals surface area contributed by atoms with Gasteiger partial charge in [0.2, 0.25) is 0 Å². The van der Waals surface area contributed by atoms with E-state index in [-0.39, 0.29) is 6.10 Å². The second-order valence-corrected chi connectivity index (χ2v) is 6.71. The van der Waals surface area contributed by atoms with Crippen LogP contribution in [-0.4, -0.2) is 58.7 Å². The summed E-state index contributed by atoms with van der Waals surface area (Å²) in [6, 6.07) is 0. The summed E-state index contributed by atoms with van der Waals surface area (Å²) < 4.78 is 33.3. The first-order valence-corrected chi connectivity index (χ1v) is 8.53. The molecule has 1 unspecified atom stereocenters. The molecular formula is C12H27N3O3S. The highest BCUT2D eigenvalue weighted by molar-refractivity contribution is 7.87. The van der Waals surface area contributed by atoms with Crippen LogP contribution in [0.5, 0.6) is 0 Å². The van der Waals surface area contributed by atoms with E-state index in [1.54, 1.807) is 7.05 Å². The molecule has 19 heavy (non-hydrogen) atoms. The van der Waals surface area contributed by atoms with Gasteiger partial charge in [0, 0.05) is 26.7 Å². The number of rotatable bonds is 10. The van der Waals surface area contributed by atoms with Gasteiger partial charge in [-0.05, 0) is 38.8 Å². The van der Waals surface area contributed by atoms with Crippen molar-refractivity contribution in [2.75, 3.05) is 39.8 Å². The zero-order chi connectivity index (χ0) is 14.1. The fourth-order valence-corrected chi connectivity index (χ4v) is 3.02. The second-order valence-electron chi connectivity index (χ2n) is 4.85. The summed E-state index contributed by atoms with van der Waals surface area (Å²) in [5.41, 5.74) is 0. The van der Waals surface area contributed by atoms with E-state index in [2.05, 4.69) is 10.0 Å². The lowest BCUT2D eigenvalue weighted by Crippen LogP contribution is -2.40. The summed E-state index contributed by atoms with van der Waals surface area (Å²) in [5, 5.41) is 3.18. The molecule has 0 bridgehead atoms. The van der Waals surface area contributed by atoms with Gasteiger partial charge in [-0.1, -0.05) is 6.92 Å². The third-order valence-electron chi connectivity index (χ3n) is 3.26. The van der Waals surface area contributed by atoms with Crippen molar-refractivity contribution >= 4 is 10.2 Å². The molecule has 0 radical (unpaired) electrons. The number of hydrogen-bond acceptors (Lipinski definition) is 4. The molecule has 0 amide bonds. The van der Waals surface area contributed by atoms with Crippen molar-refractivity contribution in [1.82, 2.24) is 14.3 Å². The first-order valence-electron chi connectivity index (χ1n) is 7.09. The molecule has 114 valence electrons. The molecule has 1 atom stereocenters. The molecule has 1 fully saturated rings. The van der Waals surface area contributed by atoms with Crippen molar-refractivity contribution in [3.8, 4) is 0 Å². The monoisotopic (exact) mass is 293 g/mol. The Balaban J connectivity index is 2.17. The zero-order valence-electron chi connectivity index (χ0n) is 12.0. The third kappa shape index (κ3) is 6.67. The summed E-state index contributed by atoms with van der Waals surface area (Å²) in [6.07, 6.45) is 3.92. The van der Waals surface area contributed by atoms with Crippen molar-refractivity contribution in [3.05, 3.63) is 0 Å². The van der Waals surface area contributed by atoms with Crippen LogP contribution in [0.15, 0.2) is 0 Å². The molecule has 1 aliphatic rings. The van der Waals surface area contributed by atoms with E-state index in [9.17, 15) is 8.42 Å². The molecular weight excluding hydrogens is 266 g/mol. The third-order valence-corrected chi connectivity index (χ3v) is 4.83. The first kappa shape index (κ1) is 16.8. The van der Waals surface area contributed by atoms with Gasteiger partial charge in [-0.3, -0.25) is 0 Å². The minimum Gasteiger partial charge on any atom is -0.378 e. The summed E-state index contributed by atoms with van der Waals surface area (Å²) in [6.45, 7) is 5.57. The molecule has 1 heterocycles. The van der Waals surface area contributed by atoms with Crippen LogP contribution < -0.4 is 10.0 Å². The van der Waals surface area contributed by atoms with Crippen LogP contribution in [0, 0.1) is 0 Å². The number of nitrogens with zero attached hydrogens (tertiary/aromatic N) is 1. The number of hydrogen-bond donors (Lipinski definition) is 2. The van der Waals surface area contributed by atoms with Crippen LogP contribution in [0.4, 0.5) is 0 Å². The van der Waals surface area contributed by atoms with E-state index in [0.717, 1.165) is 45.4 Å². The van der Waals surface area contributed by atoms with Crippen LogP contribution in [0.2, 0.25) is 0 Å². The van der Waals surface area contributed by atoms with E-state index >= 15 is 0 Å². The average molecular weight is 293 g/mol. The van der Waals surface area contributed by atoms with Crippen molar-refractivity contribution in [1.29, 1.82) is 0 Å². The van der Waals surface area contributed by atoms with Crippen LogP contribution in [0.25, 0.3) is 0 Å².